The van der Waals surface area contributed by atoms with Crippen molar-refractivity contribution in [1.29, 1.82) is 0 Å². The molecule has 0 aliphatic heterocycles. The summed E-state index contributed by atoms with van der Waals surface area (Å²) in [6, 6.07) is 10.1. The first-order chi connectivity index (χ1) is 10.3. The van der Waals surface area contributed by atoms with E-state index < -0.39 is 22.0 Å². The van der Waals surface area contributed by atoms with Gasteiger partial charge in [-0.2, -0.15) is 0 Å². The minimum absolute atomic E-state index is 0.0105. The number of carbonyl (C=O) groups is 1. The lowest BCUT2D eigenvalue weighted by Crippen LogP contribution is -2.31. The maximum atomic E-state index is 12.4. The zero-order valence-corrected chi connectivity index (χ0v) is 13.1. The third-order valence-corrected chi connectivity index (χ3v) is 4.79. The molecule has 4 N–H and O–H groups in total. The first-order valence-corrected chi connectivity index (χ1v) is 8.08. The lowest BCUT2D eigenvalue weighted by Gasteiger charge is -2.13. The molecule has 0 spiro atoms. The van der Waals surface area contributed by atoms with Gasteiger partial charge in [-0.15, -0.1) is 0 Å². The molecule has 0 aliphatic rings. The summed E-state index contributed by atoms with van der Waals surface area (Å²) in [4.78, 5) is 11.6. The first kappa shape index (κ1) is 16.2. The SMILES string of the molecule is CC(NS(=O)(=O)c1cc(C(=O)NN)n(C)c1)c1ccccc1. The van der Waals surface area contributed by atoms with Crippen molar-refractivity contribution in [2.24, 2.45) is 12.9 Å². The van der Waals surface area contributed by atoms with Crippen LogP contribution in [0.1, 0.15) is 29.0 Å². The van der Waals surface area contributed by atoms with Gasteiger partial charge in [-0.05, 0) is 18.6 Å². The van der Waals surface area contributed by atoms with Gasteiger partial charge in [0.2, 0.25) is 10.0 Å². The minimum atomic E-state index is -3.74. The molecule has 1 heterocycles. The number of nitrogens with one attached hydrogen (secondary N) is 2. The quantitative estimate of drug-likeness (QED) is 0.427. The van der Waals surface area contributed by atoms with Gasteiger partial charge in [-0.25, -0.2) is 19.0 Å². The van der Waals surface area contributed by atoms with Crippen LogP contribution in [-0.4, -0.2) is 18.9 Å². The summed E-state index contributed by atoms with van der Waals surface area (Å²) in [5.41, 5.74) is 2.99. The number of nitrogens with two attached hydrogens (primary N) is 1. The van der Waals surface area contributed by atoms with E-state index in [9.17, 15) is 13.2 Å². The summed E-state index contributed by atoms with van der Waals surface area (Å²) in [5.74, 6) is 4.51. The third-order valence-electron chi connectivity index (χ3n) is 3.29. The van der Waals surface area contributed by atoms with Gasteiger partial charge in [0.05, 0.1) is 0 Å². The predicted molar refractivity (Wildman–Crippen MR) is 82.2 cm³/mol. The molecule has 0 fully saturated rings. The molecule has 8 heteroatoms. The highest BCUT2D eigenvalue weighted by Gasteiger charge is 2.22. The van der Waals surface area contributed by atoms with E-state index in [4.69, 9.17) is 5.84 Å². The summed E-state index contributed by atoms with van der Waals surface area (Å²) < 4.78 is 28.8. The van der Waals surface area contributed by atoms with Crippen LogP contribution in [0.4, 0.5) is 0 Å². The second-order valence-electron chi connectivity index (χ2n) is 4.90. The fourth-order valence-corrected chi connectivity index (χ4v) is 3.39. The Kier molecular flexibility index (Phi) is 4.65. The number of hydrogen-bond acceptors (Lipinski definition) is 4. The Morgan fingerprint density at radius 3 is 2.50 bits per heavy atom. The van der Waals surface area contributed by atoms with Gasteiger partial charge in [-0.3, -0.25) is 10.2 Å². The second kappa shape index (κ2) is 6.30. The lowest BCUT2D eigenvalue weighted by molar-refractivity contribution is 0.0945. The van der Waals surface area contributed by atoms with Gasteiger partial charge in [0.25, 0.3) is 5.91 Å². The van der Waals surface area contributed by atoms with Crippen molar-refractivity contribution in [3.05, 3.63) is 53.9 Å². The average Bonchev–Trinajstić information content (AvgIpc) is 2.90. The molecule has 1 unspecified atom stereocenters. The van der Waals surface area contributed by atoms with Crippen molar-refractivity contribution in [3.63, 3.8) is 0 Å². The normalized spacial score (nSPS) is 12.9. The number of sulfonamides is 1. The first-order valence-electron chi connectivity index (χ1n) is 6.59. The second-order valence-corrected chi connectivity index (χ2v) is 6.61. The van der Waals surface area contributed by atoms with Gasteiger partial charge in [0.15, 0.2) is 0 Å². The number of amides is 1. The van der Waals surface area contributed by atoms with Crippen LogP contribution in [-0.2, 0) is 17.1 Å². The van der Waals surface area contributed by atoms with Crippen molar-refractivity contribution >= 4 is 15.9 Å². The van der Waals surface area contributed by atoms with E-state index in [2.05, 4.69) is 4.72 Å². The number of rotatable bonds is 5. The van der Waals surface area contributed by atoms with Crippen LogP contribution in [0.25, 0.3) is 0 Å². The van der Waals surface area contributed by atoms with E-state index >= 15 is 0 Å². The number of nitrogens with zero attached hydrogens (tertiary/aromatic N) is 1. The third kappa shape index (κ3) is 3.35. The van der Waals surface area contributed by atoms with Crippen molar-refractivity contribution in [2.45, 2.75) is 17.9 Å². The highest BCUT2D eigenvalue weighted by molar-refractivity contribution is 7.89. The summed E-state index contributed by atoms with van der Waals surface area (Å²) in [6.07, 6.45) is 1.37. The molecule has 7 nitrogen and oxygen atoms in total. The molecule has 22 heavy (non-hydrogen) atoms. The largest absolute Gasteiger partial charge is 0.345 e. The standard InChI is InChI=1S/C14H18N4O3S/c1-10(11-6-4-3-5-7-11)17-22(20,21)12-8-13(14(19)16-15)18(2)9-12/h3-10,17H,15H2,1-2H3,(H,16,19). The van der Waals surface area contributed by atoms with Crippen molar-refractivity contribution < 1.29 is 13.2 Å². The maximum absolute atomic E-state index is 12.4. The Balaban J connectivity index is 2.26. The lowest BCUT2D eigenvalue weighted by atomic mass is 10.1. The molecular weight excluding hydrogens is 304 g/mol. The van der Waals surface area contributed by atoms with Crippen LogP contribution in [0.15, 0.2) is 47.5 Å². The molecule has 2 rings (SSSR count). The molecule has 1 aromatic heterocycles. The van der Waals surface area contributed by atoms with Crippen molar-refractivity contribution in [1.82, 2.24) is 14.7 Å². The highest BCUT2D eigenvalue weighted by Crippen LogP contribution is 2.18. The molecule has 0 aliphatic carbocycles. The zero-order valence-electron chi connectivity index (χ0n) is 12.3. The van der Waals surface area contributed by atoms with E-state index in [0.29, 0.717) is 0 Å². The smallest absolute Gasteiger partial charge is 0.281 e. The van der Waals surface area contributed by atoms with Gasteiger partial charge in [0, 0.05) is 19.3 Å². The van der Waals surface area contributed by atoms with Crippen LogP contribution in [0.3, 0.4) is 0 Å². The molecule has 1 atom stereocenters. The molecule has 0 saturated heterocycles. The van der Waals surface area contributed by atoms with Gasteiger partial charge in [0.1, 0.15) is 10.6 Å². The van der Waals surface area contributed by atoms with Crippen molar-refractivity contribution in [3.8, 4) is 0 Å². The van der Waals surface area contributed by atoms with Crippen LogP contribution in [0.2, 0.25) is 0 Å². The molecule has 2 aromatic rings. The monoisotopic (exact) mass is 322 g/mol. The topological polar surface area (TPSA) is 106 Å². The summed E-state index contributed by atoms with van der Waals surface area (Å²) >= 11 is 0. The highest BCUT2D eigenvalue weighted by atomic mass is 32.2. The molecule has 1 aromatic carbocycles. The molecule has 0 radical (unpaired) electrons. The van der Waals surface area contributed by atoms with E-state index in [1.54, 1.807) is 14.0 Å². The Morgan fingerprint density at radius 1 is 1.27 bits per heavy atom. The fraction of sp³-hybridized carbons (Fsp3) is 0.214. The van der Waals surface area contributed by atoms with Gasteiger partial charge >= 0.3 is 0 Å². The Hall–Kier alpha value is -2.16. The summed E-state index contributed by atoms with van der Waals surface area (Å²) in [6.45, 7) is 1.75. The van der Waals surface area contributed by atoms with E-state index in [0.717, 1.165) is 5.56 Å². The summed E-state index contributed by atoms with van der Waals surface area (Å²) in [5, 5.41) is 0. The Bertz CT molecular complexity index is 769. The Morgan fingerprint density at radius 2 is 1.91 bits per heavy atom. The van der Waals surface area contributed by atoms with Gasteiger partial charge in [-0.1, -0.05) is 30.3 Å². The number of carbonyl (C=O) groups excluding carboxylic acids is 1. The van der Waals surface area contributed by atoms with E-state index in [1.807, 2.05) is 35.8 Å². The molecule has 0 bridgehead atoms. The number of hydrazine groups is 1. The Labute approximate surface area is 129 Å². The summed E-state index contributed by atoms with van der Waals surface area (Å²) in [7, 11) is -2.17. The number of nitrogen functional groups attached to an aromatic ring is 1. The van der Waals surface area contributed by atoms with Crippen LogP contribution >= 0.6 is 0 Å². The number of benzene rings is 1. The van der Waals surface area contributed by atoms with Crippen molar-refractivity contribution in [2.75, 3.05) is 0 Å². The predicted octanol–water partition coefficient (Wildman–Crippen LogP) is 0.668. The van der Waals surface area contributed by atoms with Crippen LogP contribution < -0.4 is 16.0 Å². The molecule has 0 saturated carbocycles. The van der Waals surface area contributed by atoms with Crippen LogP contribution in [0, 0.1) is 0 Å². The molecule has 118 valence electrons. The zero-order chi connectivity index (χ0) is 16.3. The minimum Gasteiger partial charge on any atom is -0.345 e. The molecular formula is C14H18N4O3S. The van der Waals surface area contributed by atoms with Gasteiger partial charge < -0.3 is 4.57 Å². The molecule has 1 amide bonds. The number of aryl methyl sites for hydroxylation is 1. The van der Waals surface area contributed by atoms with E-state index in [-0.39, 0.29) is 10.6 Å². The number of hydrogen-bond donors (Lipinski definition) is 3. The maximum Gasteiger partial charge on any atom is 0.281 e. The van der Waals surface area contributed by atoms with E-state index in [1.165, 1.54) is 16.8 Å². The fourth-order valence-electron chi connectivity index (χ4n) is 2.09. The number of aromatic nitrogens is 1. The average molecular weight is 322 g/mol. The van der Waals surface area contributed by atoms with Crippen LogP contribution in [0.5, 0.6) is 0 Å².